The summed E-state index contributed by atoms with van der Waals surface area (Å²) >= 11 is 0. The van der Waals surface area contributed by atoms with E-state index in [-0.39, 0.29) is 38.3 Å². The van der Waals surface area contributed by atoms with E-state index in [0.717, 1.165) is 16.7 Å². The van der Waals surface area contributed by atoms with Gasteiger partial charge in [0, 0.05) is 25.0 Å². The van der Waals surface area contributed by atoms with Crippen molar-refractivity contribution in [3.05, 3.63) is 83.9 Å². The highest BCUT2D eigenvalue weighted by Gasteiger charge is 2.61. The van der Waals surface area contributed by atoms with Crippen molar-refractivity contribution in [1.29, 1.82) is 0 Å². The maximum Gasteiger partial charge on any atom is 0.330 e. The molecule has 0 bridgehead atoms. The lowest BCUT2D eigenvalue weighted by Crippen LogP contribution is -2.59. The fourth-order valence-corrected chi connectivity index (χ4v) is 6.21. The number of benzene rings is 2. The first-order valence-electron chi connectivity index (χ1n) is 16.3. The van der Waals surface area contributed by atoms with Gasteiger partial charge in [0.2, 0.25) is 17.7 Å². The zero-order valence-electron chi connectivity index (χ0n) is 28.0. The number of likely N-dealkylation sites (tertiary alicyclic amines) is 1. The van der Waals surface area contributed by atoms with Crippen LogP contribution in [0, 0.1) is 11.3 Å². The molecule has 258 valence electrons. The number of urea groups is 1. The fourth-order valence-electron chi connectivity index (χ4n) is 6.21. The van der Waals surface area contributed by atoms with Crippen LogP contribution in [0.15, 0.2) is 67.3 Å². The molecule has 1 aliphatic heterocycles. The Bertz CT molecular complexity index is 1520. The van der Waals surface area contributed by atoms with Gasteiger partial charge < -0.3 is 36.4 Å². The quantitative estimate of drug-likeness (QED) is 0.179. The summed E-state index contributed by atoms with van der Waals surface area (Å²) in [5.74, 6) is -3.03. The van der Waals surface area contributed by atoms with Crippen molar-refractivity contribution in [2.45, 2.75) is 89.7 Å². The van der Waals surface area contributed by atoms with E-state index in [1.807, 2.05) is 54.6 Å². The summed E-state index contributed by atoms with van der Waals surface area (Å²) in [5.41, 5.74) is 0.286. The van der Waals surface area contributed by atoms with E-state index in [1.165, 1.54) is 11.0 Å². The third-order valence-corrected chi connectivity index (χ3v) is 8.95. The van der Waals surface area contributed by atoms with Crippen LogP contribution in [0.25, 0.3) is 0 Å². The minimum absolute atomic E-state index is 0.0272. The van der Waals surface area contributed by atoms with E-state index in [0.29, 0.717) is 6.42 Å². The molecule has 0 radical (unpaired) electrons. The molecule has 2 aliphatic rings. The Labute approximate surface area is 281 Å². The molecule has 1 saturated carbocycles. The number of nitrogens with one attached hydrogen (secondary N) is 4. The van der Waals surface area contributed by atoms with Crippen molar-refractivity contribution in [1.82, 2.24) is 26.2 Å². The highest BCUT2D eigenvalue weighted by Crippen LogP contribution is 2.44. The Morgan fingerprint density at radius 2 is 1.69 bits per heavy atom. The molecular weight excluding hydrogens is 614 g/mol. The first-order valence-corrected chi connectivity index (χ1v) is 16.3. The number of carbonyl (C=O) groups is 5. The summed E-state index contributed by atoms with van der Waals surface area (Å²) in [7, 11) is 0. The average molecular weight is 662 g/mol. The lowest BCUT2D eigenvalue weighted by atomic mass is 9.86. The summed E-state index contributed by atoms with van der Waals surface area (Å²) in [6, 6.07) is 13.2. The molecule has 12 nitrogen and oxygen atoms in total. The third kappa shape index (κ3) is 8.80. The molecule has 6 N–H and O–H groups in total. The van der Waals surface area contributed by atoms with Gasteiger partial charge in [0.15, 0.2) is 0 Å². The predicted molar refractivity (Wildman–Crippen MR) is 179 cm³/mol. The number of aliphatic carboxylic acids is 1. The van der Waals surface area contributed by atoms with Gasteiger partial charge in [-0.25, -0.2) is 9.59 Å². The second-order valence-electron chi connectivity index (χ2n) is 13.9. The minimum atomic E-state index is -1.51. The molecule has 2 fully saturated rings. The normalized spacial score (nSPS) is 22.9. The van der Waals surface area contributed by atoms with Crippen LogP contribution in [-0.4, -0.2) is 81.1 Å². The van der Waals surface area contributed by atoms with E-state index >= 15 is 0 Å². The number of hydrogen-bond acceptors (Lipinski definition) is 6. The lowest BCUT2D eigenvalue weighted by molar-refractivity contribution is -0.144. The number of hydrogen-bond donors (Lipinski definition) is 6. The smallest absolute Gasteiger partial charge is 0.330 e. The molecule has 1 unspecified atom stereocenters. The van der Waals surface area contributed by atoms with Crippen molar-refractivity contribution in [3.63, 3.8) is 0 Å². The summed E-state index contributed by atoms with van der Waals surface area (Å²) in [6.45, 7) is 10.9. The van der Waals surface area contributed by atoms with E-state index in [4.69, 9.17) is 0 Å². The molecule has 1 saturated heterocycles. The molecule has 1 heterocycles. The largest absolute Gasteiger partial charge is 0.479 e. The van der Waals surface area contributed by atoms with Crippen LogP contribution in [-0.2, 0) is 38.6 Å². The van der Waals surface area contributed by atoms with Gasteiger partial charge in [-0.05, 0) is 48.3 Å². The fraction of sp³-hybridized carbons (Fsp3) is 0.472. The number of carboxylic acid groups (broad SMARTS) is 1. The van der Waals surface area contributed by atoms with Gasteiger partial charge in [-0.15, -0.1) is 6.58 Å². The van der Waals surface area contributed by atoms with Crippen molar-refractivity contribution in [2.75, 3.05) is 6.54 Å². The third-order valence-electron chi connectivity index (χ3n) is 8.95. The van der Waals surface area contributed by atoms with Gasteiger partial charge in [-0.2, -0.15) is 0 Å². The molecule has 5 amide bonds. The highest BCUT2D eigenvalue weighted by molar-refractivity contribution is 5.95. The van der Waals surface area contributed by atoms with Crippen LogP contribution in [0.2, 0.25) is 0 Å². The Balaban J connectivity index is 1.51. The number of carboxylic acids is 1. The topological polar surface area (TPSA) is 177 Å². The van der Waals surface area contributed by atoms with Crippen molar-refractivity contribution >= 4 is 29.7 Å². The molecule has 48 heavy (non-hydrogen) atoms. The SMILES string of the molecule is C=CC1C[C@]1(NC(=O)[C@@H]1C[C@@H](NC(=O)Cc2ccccc2)CN1C(=O)N[C@H](C(=O)NCc1ccccc1C[C@H](C)O)C(C)(C)C)C(=O)O. The summed E-state index contributed by atoms with van der Waals surface area (Å²) in [6.07, 6.45) is 1.69. The minimum Gasteiger partial charge on any atom is -0.479 e. The van der Waals surface area contributed by atoms with Gasteiger partial charge in [-0.3, -0.25) is 14.4 Å². The first-order chi connectivity index (χ1) is 22.6. The molecule has 6 atom stereocenters. The van der Waals surface area contributed by atoms with Gasteiger partial charge in [-0.1, -0.05) is 81.4 Å². The second-order valence-corrected chi connectivity index (χ2v) is 13.9. The monoisotopic (exact) mass is 661 g/mol. The molecule has 0 spiro atoms. The van der Waals surface area contributed by atoms with Gasteiger partial charge in [0.05, 0.1) is 12.5 Å². The zero-order valence-corrected chi connectivity index (χ0v) is 28.0. The van der Waals surface area contributed by atoms with Gasteiger partial charge in [0.25, 0.3) is 0 Å². The summed E-state index contributed by atoms with van der Waals surface area (Å²) < 4.78 is 0. The molecule has 4 rings (SSSR count). The number of nitrogens with zero attached hydrogens (tertiary/aromatic N) is 1. The van der Waals surface area contributed by atoms with Crippen LogP contribution < -0.4 is 21.3 Å². The highest BCUT2D eigenvalue weighted by atomic mass is 16.4. The zero-order chi connectivity index (χ0) is 35.2. The molecule has 0 aromatic heterocycles. The molecule has 2 aromatic carbocycles. The van der Waals surface area contributed by atoms with Crippen LogP contribution in [0.4, 0.5) is 4.79 Å². The van der Waals surface area contributed by atoms with Crippen LogP contribution >= 0.6 is 0 Å². The Morgan fingerprint density at radius 1 is 1.04 bits per heavy atom. The van der Waals surface area contributed by atoms with Crippen LogP contribution in [0.1, 0.15) is 57.2 Å². The standard InChI is InChI=1S/C36H47N5O7/c1-6-26-19-36(26,33(46)47)40-31(44)28-18-27(38-29(43)17-23-12-8-7-9-13-23)21-41(28)34(48)39-30(35(3,4)5)32(45)37-20-25-15-11-10-14-24(25)16-22(2)42/h6-15,22,26-28,30,42H,1,16-21H2,2-5H3,(H,37,45)(H,38,43)(H,39,48)(H,40,44)(H,46,47)/t22-,26?,27+,28-,30+,36+/m0/s1. The van der Waals surface area contributed by atoms with Crippen molar-refractivity contribution in [3.8, 4) is 0 Å². The number of carbonyl (C=O) groups excluding carboxylic acids is 4. The summed E-state index contributed by atoms with van der Waals surface area (Å²) in [5, 5.41) is 31.0. The second kappa shape index (κ2) is 15.0. The van der Waals surface area contributed by atoms with Gasteiger partial charge in [0.1, 0.15) is 17.6 Å². The average Bonchev–Trinajstić information content (AvgIpc) is 3.58. The number of rotatable bonds is 13. The Hall–Kier alpha value is -4.71. The Kier molecular flexibility index (Phi) is 11.3. The number of aliphatic hydroxyl groups excluding tert-OH is 1. The Morgan fingerprint density at radius 3 is 2.27 bits per heavy atom. The molecule has 12 heteroatoms. The maximum absolute atomic E-state index is 13.9. The molecule has 2 aromatic rings. The lowest BCUT2D eigenvalue weighted by Gasteiger charge is -2.33. The maximum atomic E-state index is 13.9. The molecular formula is C36H47N5O7. The van der Waals surface area contributed by atoms with E-state index in [1.54, 1.807) is 27.7 Å². The number of aliphatic hydroxyl groups is 1. The van der Waals surface area contributed by atoms with Crippen LogP contribution in [0.5, 0.6) is 0 Å². The number of amides is 5. The first kappa shape index (κ1) is 36.1. The summed E-state index contributed by atoms with van der Waals surface area (Å²) in [4.78, 5) is 67.4. The van der Waals surface area contributed by atoms with E-state index in [2.05, 4.69) is 27.8 Å². The molecule has 1 aliphatic carbocycles. The van der Waals surface area contributed by atoms with Crippen molar-refractivity contribution < 1.29 is 34.2 Å². The van der Waals surface area contributed by atoms with Gasteiger partial charge >= 0.3 is 12.0 Å². The van der Waals surface area contributed by atoms with E-state index < -0.39 is 64.9 Å². The van der Waals surface area contributed by atoms with Crippen LogP contribution in [0.3, 0.4) is 0 Å². The van der Waals surface area contributed by atoms with Crippen molar-refractivity contribution in [2.24, 2.45) is 11.3 Å². The van der Waals surface area contributed by atoms with E-state index in [9.17, 15) is 34.2 Å². The predicted octanol–water partition coefficient (Wildman–Crippen LogP) is 2.30.